The van der Waals surface area contributed by atoms with E-state index in [9.17, 15) is 46.7 Å². The zero-order valence-electron chi connectivity index (χ0n) is 63.9. The minimum atomic E-state index is -5.42. The van der Waals surface area contributed by atoms with Gasteiger partial charge in [-0.2, -0.15) is 13.2 Å². The van der Waals surface area contributed by atoms with Crippen LogP contribution in [0.4, 0.5) is 22.0 Å². The van der Waals surface area contributed by atoms with Gasteiger partial charge in [0.05, 0.1) is 32.2 Å². The van der Waals surface area contributed by atoms with Crippen molar-refractivity contribution in [1.82, 2.24) is 60.0 Å². The molecule has 2 aromatic rings. The van der Waals surface area contributed by atoms with Gasteiger partial charge in [0.2, 0.25) is 70.9 Å². The zero-order chi connectivity index (χ0) is 79.5. The van der Waals surface area contributed by atoms with Crippen molar-refractivity contribution in [2.45, 2.75) is 197 Å². The van der Waals surface area contributed by atoms with E-state index < -0.39 is 199 Å². The molecule has 2 saturated heterocycles. The van der Waals surface area contributed by atoms with Crippen LogP contribution < -0.4 is 20.7 Å². The summed E-state index contributed by atoms with van der Waals surface area (Å²) in [4.78, 5) is 190. The number of amides is 12. The topological polar surface area (TPSA) is 289 Å². The Morgan fingerprint density at radius 3 is 1.90 bits per heavy atom. The van der Waals surface area contributed by atoms with E-state index in [0.717, 1.165) is 29.4 Å². The van der Waals surface area contributed by atoms with E-state index in [1.54, 1.807) is 58.0 Å². The van der Waals surface area contributed by atoms with Crippen LogP contribution in [0.3, 0.4) is 0 Å². The molecule has 0 aromatic heterocycles. The molecule has 2 aromatic carbocycles. The maximum atomic E-state index is 15.7. The molecule has 31 heteroatoms. The minimum Gasteiger partial charge on any atom is -0.490 e. The van der Waals surface area contributed by atoms with E-state index >= 15 is 32.8 Å². The molecule has 2 aliphatic carbocycles. The quantitative estimate of drug-likeness (QED) is 0.119. The molecule has 12 amide bonds. The fourth-order valence-electron chi connectivity index (χ4n) is 14.7. The number of ether oxygens (including phenoxy) is 2. The van der Waals surface area contributed by atoms with Crippen LogP contribution in [-0.4, -0.2) is 271 Å². The smallest absolute Gasteiger partial charge is 0.422 e. The SMILES string of the molecule is C=CCC[C@H]1C(=O)N[C@@H]([C@@H](C)CC)C(=O)N(C)CC(=O)N(C)CC(=O)N(CCC)[C@@H](Cc2ccc(OCC=C)cc2)C(=O)N(C)CC(=O)N[C@@H](CCc2cc(F)c(C(F)(F)F)c(F)c2)C(=O)N2C[C@H](OCC)C[C@H]2C(=O)NC2(CCCC2)C(=O)N(C)[C@@H](C2CCCC2)C(=O)N(C)[C@H](C(=O)N(C)C)CC(=O)N1C. The highest BCUT2D eigenvalue weighted by Gasteiger charge is 2.52. The predicted molar refractivity (Wildman–Crippen MR) is 387 cm³/mol. The summed E-state index contributed by atoms with van der Waals surface area (Å²) in [5, 5.41) is 8.43. The first-order valence-corrected chi connectivity index (χ1v) is 36.9. The molecule has 6 rings (SSSR count). The number of likely N-dealkylation sites (N-methyl/N-ethyl adjacent to an activating group) is 7. The van der Waals surface area contributed by atoms with Gasteiger partial charge in [0.1, 0.15) is 77.4 Å². The number of nitrogens with one attached hydrogen (secondary N) is 3. The number of hydrogen-bond acceptors (Lipinski definition) is 14. The average Bonchev–Trinajstić information content (AvgIpc) is 1.72. The van der Waals surface area contributed by atoms with Gasteiger partial charge in [0, 0.05) is 88.9 Å². The van der Waals surface area contributed by atoms with E-state index in [1.165, 1.54) is 77.2 Å². The molecule has 3 N–H and O–H groups in total. The summed E-state index contributed by atoms with van der Waals surface area (Å²) in [5.74, 6) is -13.8. The second-order valence-corrected chi connectivity index (χ2v) is 28.9. The van der Waals surface area contributed by atoms with Gasteiger partial charge in [0.15, 0.2) is 0 Å². The van der Waals surface area contributed by atoms with Crippen LogP contribution in [-0.2, 0) is 81.3 Å². The lowest BCUT2D eigenvalue weighted by molar-refractivity contribution is -0.156. The van der Waals surface area contributed by atoms with E-state index in [-0.39, 0.29) is 76.8 Å². The second-order valence-electron chi connectivity index (χ2n) is 28.9. The summed E-state index contributed by atoms with van der Waals surface area (Å²) in [6.07, 6.45) is -1.18. The highest BCUT2D eigenvalue weighted by atomic mass is 19.4. The van der Waals surface area contributed by atoms with E-state index in [2.05, 4.69) is 29.1 Å². The number of alkyl halides is 3. The Labute approximate surface area is 624 Å². The number of nitrogens with zero attached hydrogens (tertiary/aromatic N) is 9. The van der Waals surface area contributed by atoms with Crippen molar-refractivity contribution >= 4 is 70.9 Å². The van der Waals surface area contributed by atoms with E-state index in [1.807, 2.05) is 0 Å². The van der Waals surface area contributed by atoms with Crippen LogP contribution in [0.25, 0.3) is 0 Å². The summed E-state index contributed by atoms with van der Waals surface area (Å²) in [5.41, 5.74) is -3.70. The fourth-order valence-corrected chi connectivity index (χ4v) is 14.7. The van der Waals surface area contributed by atoms with Crippen molar-refractivity contribution in [1.29, 1.82) is 0 Å². The first-order chi connectivity index (χ1) is 50.5. The zero-order valence-corrected chi connectivity index (χ0v) is 63.9. The van der Waals surface area contributed by atoms with Crippen molar-refractivity contribution in [3.05, 3.63) is 90.0 Å². The average molecular weight is 1510 g/mol. The van der Waals surface area contributed by atoms with Crippen molar-refractivity contribution < 1.29 is 89.0 Å². The summed E-state index contributed by atoms with van der Waals surface area (Å²) in [6, 6.07) is -2.48. The third-order valence-electron chi connectivity index (χ3n) is 21.0. The van der Waals surface area contributed by atoms with Crippen LogP contribution in [0.15, 0.2) is 61.7 Å². The monoisotopic (exact) mass is 1510 g/mol. The Bertz CT molecular complexity index is 3510. The number of allylic oxidation sites excluding steroid dienone is 1. The van der Waals surface area contributed by atoms with Gasteiger partial charge in [-0.1, -0.05) is 83.7 Å². The predicted octanol–water partition coefficient (Wildman–Crippen LogP) is 5.29. The number of halogens is 5. The van der Waals surface area contributed by atoms with Crippen LogP contribution >= 0.6 is 0 Å². The van der Waals surface area contributed by atoms with E-state index in [4.69, 9.17) is 9.47 Å². The first kappa shape index (κ1) is 86.9. The Balaban J connectivity index is 1.50. The number of benzene rings is 2. The lowest BCUT2D eigenvalue weighted by Crippen LogP contribution is -2.65. The van der Waals surface area contributed by atoms with Gasteiger partial charge in [-0.15, -0.1) is 6.58 Å². The molecule has 9 atom stereocenters. The van der Waals surface area contributed by atoms with Crippen LogP contribution in [0, 0.1) is 23.5 Å². The Morgan fingerprint density at radius 2 is 1.33 bits per heavy atom. The Morgan fingerprint density at radius 1 is 0.710 bits per heavy atom. The molecular formula is C76H109F5N12O14. The highest BCUT2D eigenvalue weighted by molar-refractivity contribution is 6.01. The van der Waals surface area contributed by atoms with Crippen molar-refractivity contribution in [2.24, 2.45) is 11.8 Å². The van der Waals surface area contributed by atoms with Gasteiger partial charge < -0.3 is 69.5 Å². The standard InChI is InChI=1S/C76H109F5N12O14/c1-15-20-27-56-67(98)83-65(47(6)18-4)72(103)88(11)45-62(96)86(9)46-63(97)92(36-16-2)59(40-48-28-31-51(32-29-48)107-37-17-3)71(102)87(10)44-60(94)82-55(33-30-49-38-53(77)64(54(78)39-49)76(79,80)81)69(100)93-43-52(106-19-5)41-57(93)68(99)84-75(34-23-24-35-75)74(105)91(14)66(50-25-21-22-26-50)73(104)90(13)58(70(101)85(7)8)42-61(95)89(56)12/h15,17,28-29,31-32,38-39,47,50,52,55-59,65-66H,1,3,16,18-27,30,33-37,40-46H2,2,4-14H3,(H,82,94)(H,83,98)(H,84,99)/t47-,52+,55-,56-,57-,58-,59-,65-,66-/m0/s1. The van der Waals surface area contributed by atoms with Gasteiger partial charge in [-0.3, -0.25) is 57.5 Å². The molecule has 107 heavy (non-hydrogen) atoms. The molecule has 0 bridgehead atoms. The number of carbonyl (C=O) groups excluding carboxylic acids is 12. The molecule has 2 aliphatic heterocycles. The third kappa shape index (κ3) is 22.1. The van der Waals surface area contributed by atoms with Gasteiger partial charge >= 0.3 is 6.18 Å². The van der Waals surface area contributed by atoms with Gasteiger partial charge in [-0.25, -0.2) is 8.78 Å². The fraction of sp³-hybridized carbons (Fsp3) is 0.632. The summed E-state index contributed by atoms with van der Waals surface area (Å²) in [6.45, 7) is 12.2. The molecule has 4 aliphatic rings. The Hall–Kier alpha value is -9.03. The van der Waals surface area contributed by atoms with Crippen molar-refractivity contribution in [3.63, 3.8) is 0 Å². The molecule has 2 saturated carbocycles. The van der Waals surface area contributed by atoms with Crippen LogP contribution in [0.5, 0.6) is 5.75 Å². The normalized spacial score (nSPS) is 24.4. The number of rotatable bonds is 19. The van der Waals surface area contributed by atoms with Crippen molar-refractivity contribution in [3.8, 4) is 5.75 Å². The van der Waals surface area contributed by atoms with Crippen molar-refractivity contribution in [2.75, 3.05) is 102 Å². The number of fused-ring (bicyclic) bond motifs is 1. The highest BCUT2D eigenvalue weighted by Crippen LogP contribution is 2.38. The Kier molecular flexibility index (Phi) is 31.8. The third-order valence-corrected chi connectivity index (χ3v) is 21.0. The summed E-state index contributed by atoms with van der Waals surface area (Å²) in [7, 11) is 10.9. The lowest BCUT2D eigenvalue weighted by Gasteiger charge is -2.42. The number of aryl methyl sites for hydroxylation is 1. The largest absolute Gasteiger partial charge is 0.490 e. The van der Waals surface area contributed by atoms with Crippen LogP contribution in [0.1, 0.15) is 141 Å². The van der Waals surface area contributed by atoms with E-state index in [0.29, 0.717) is 68.4 Å². The first-order valence-electron chi connectivity index (χ1n) is 36.9. The minimum absolute atomic E-state index is 0.00347. The molecule has 592 valence electrons. The van der Waals surface area contributed by atoms with Gasteiger partial charge in [-0.05, 0) is 112 Å². The number of carbonyl (C=O) groups is 12. The molecule has 4 fully saturated rings. The summed E-state index contributed by atoms with van der Waals surface area (Å²) < 4.78 is 83.7. The molecule has 26 nitrogen and oxygen atoms in total. The van der Waals surface area contributed by atoms with Gasteiger partial charge in [0.25, 0.3) is 0 Å². The second kappa shape index (κ2) is 39.2. The number of hydrogen-bond donors (Lipinski definition) is 3. The maximum absolute atomic E-state index is 15.7. The molecular weight excluding hydrogens is 1400 g/mol. The molecule has 2 heterocycles. The molecule has 1 spiro atoms. The van der Waals surface area contributed by atoms with Crippen LogP contribution in [0.2, 0.25) is 0 Å². The molecule has 0 unspecified atom stereocenters. The molecule has 0 radical (unpaired) electrons. The lowest BCUT2D eigenvalue weighted by atomic mass is 9.90. The summed E-state index contributed by atoms with van der Waals surface area (Å²) >= 11 is 0. The maximum Gasteiger partial charge on any atom is 0.422 e.